The standard InChI is InChI=1S/C18H24BrNO3/c1-17(2,3)23-16(22)20-8-6-18(7-9-20)11-15(21)13-10-12(19)4-5-14(13)18/h4-5,10,15,21H,6-9,11H2,1-3H3. The first-order valence-corrected chi connectivity index (χ1v) is 8.95. The molecule has 4 nitrogen and oxygen atoms in total. The number of likely N-dealkylation sites (tertiary alicyclic amines) is 1. The highest BCUT2D eigenvalue weighted by molar-refractivity contribution is 9.10. The minimum Gasteiger partial charge on any atom is -0.444 e. The van der Waals surface area contributed by atoms with Gasteiger partial charge in [-0.25, -0.2) is 4.79 Å². The average Bonchev–Trinajstić information content (AvgIpc) is 2.70. The summed E-state index contributed by atoms with van der Waals surface area (Å²) in [7, 11) is 0. The van der Waals surface area contributed by atoms with E-state index in [1.54, 1.807) is 4.90 Å². The zero-order valence-corrected chi connectivity index (χ0v) is 15.5. The Hall–Kier alpha value is -1.07. The van der Waals surface area contributed by atoms with Gasteiger partial charge in [0.05, 0.1) is 6.10 Å². The molecule has 1 heterocycles. The van der Waals surface area contributed by atoms with Crippen molar-refractivity contribution >= 4 is 22.0 Å². The molecule has 1 spiro atoms. The molecule has 1 aromatic carbocycles. The van der Waals surface area contributed by atoms with Gasteiger partial charge in [-0.2, -0.15) is 0 Å². The number of hydrogen-bond donors (Lipinski definition) is 1. The van der Waals surface area contributed by atoms with E-state index in [1.165, 1.54) is 5.56 Å². The number of nitrogens with zero attached hydrogens (tertiary/aromatic N) is 1. The molecule has 0 radical (unpaired) electrons. The topological polar surface area (TPSA) is 49.8 Å². The third-order valence-electron chi connectivity index (χ3n) is 4.90. The number of hydrogen-bond acceptors (Lipinski definition) is 3. The maximum absolute atomic E-state index is 12.2. The Morgan fingerprint density at radius 1 is 1.35 bits per heavy atom. The number of fused-ring (bicyclic) bond motifs is 2. The molecule has 2 aliphatic rings. The number of carbonyl (C=O) groups is 1. The summed E-state index contributed by atoms with van der Waals surface area (Å²) in [5.74, 6) is 0. The van der Waals surface area contributed by atoms with Crippen molar-refractivity contribution in [2.45, 2.75) is 57.2 Å². The lowest BCUT2D eigenvalue weighted by atomic mass is 9.74. The van der Waals surface area contributed by atoms with Crippen LogP contribution >= 0.6 is 15.9 Å². The number of piperidine rings is 1. The van der Waals surface area contributed by atoms with Crippen LogP contribution in [0.25, 0.3) is 0 Å². The molecule has 1 fully saturated rings. The van der Waals surface area contributed by atoms with Crippen LogP contribution in [0.5, 0.6) is 0 Å². The number of carbonyl (C=O) groups excluding carboxylic acids is 1. The number of rotatable bonds is 0. The number of ether oxygens (including phenoxy) is 1. The van der Waals surface area contributed by atoms with E-state index >= 15 is 0 Å². The SMILES string of the molecule is CC(C)(C)OC(=O)N1CCC2(CC1)CC(O)c1cc(Br)ccc12. The van der Waals surface area contributed by atoms with E-state index in [1.807, 2.05) is 32.9 Å². The smallest absolute Gasteiger partial charge is 0.410 e. The van der Waals surface area contributed by atoms with Crippen molar-refractivity contribution in [3.05, 3.63) is 33.8 Å². The second kappa shape index (κ2) is 5.78. The molecule has 126 valence electrons. The molecule has 23 heavy (non-hydrogen) atoms. The van der Waals surface area contributed by atoms with Gasteiger partial charge in [0.1, 0.15) is 5.60 Å². The van der Waals surface area contributed by atoms with Crippen LogP contribution < -0.4 is 0 Å². The normalized spacial score (nSPS) is 23.0. The molecule has 1 aromatic rings. The van der Waals surface area contributed by atoms with E-state index in [2.05, 4.69) is 22.0 Å². The zero-order chi connectivity index (χ0) is 16.8. The minimum atomic E-state index is -0.464. The quantitative estimate of drug-likeness (QED) is 0.733. The van der Waals surface area contributed by atoms with Crippen molar-refractivity contribution in [1.29, 1.82) is 0 Å². The van der Waals surface area contributed by atoms with Crippen molar-refractivity contribution < 1.29 is 14.6 Å². The average molecular weight is 382 g/mol. The van der Waals surface area contributed by atoms with Gasteiger partial charge in [-0.3, -0.25) is 0 Å². The van der Waals surface area contributed by atoms with Gasteiger partial charge in [-0.05, 0) is 63.3 Å². The van der Waals surface area contributed by atoms with Gasteiger partial charge in [0, 0.05) is 23.0 Å². The summed E-state index contributed by atoms with van der Waals surface area (Å²) in [5, 5.41) is 10.4. The second-order valence-corrected chi connectivity index (χ2v) is 8.61. The highest BCUT2D eigenvalue weighted by Gasteiger charge is 2.46. The van der Waals surface area contributed by atoms with Crippen LogP contribution in [-0.2, 0) is 10.2 Å². The first kappa shape index (κ1) is 16.8. The van der Waals surface area contributed by atoms with Crippen LogP contribution in [0.4, 0.5) is 4.79 Å². The van der Waals surface area contributed by atoms with Crippen molar-refractivity contribution in [3.8, 4) is 0 Å². The summed E-state index contributed by atoms with van der Waals surface area (Å²) in [5.41, 5.74) is 1.81. The van der Waals surface area contributed by atoms with Crippen LogP contribution in [0.2, 0.25) is 0 Å². The summed E-state index contributed by atoms with van der Waals surface area (Å²) >= 11 is 3.48. The fourth-order valence-electron chi connectivity index (χ4n) is 3.80. The lowest BCUT2D eigenvalue weighted by Gasteiger charge is -2.40. The minimum absolute atomic E-state index is 0.00599. The molecule has 1 saturated heterocycles. The van der Waals surface area contributed by atoms with Crippen LogP contribution in [0.1, 0.15) is 57.3 Å². The van der Waals surface area contributed by atoms with Crippen molar-refractivity contribution in [1.82, 2.24) is 4.90 Å². The van der Waals surface area contributed by atoms with E-state index in [0.717, 1.165) is 29.3 Å². The van der Waals surface area contributed by atoms with Crippen molar-refractivity contribution in [3.63, 3.8) is 0 Å². The molecular weight excluding hydrogens is 358 g/mol. The van der Waals surface area contributed by atoms with E-state index in [-0.39, 0.29) is 11.5 Å². The Labute approximate surface area is 145 Å². The van der Waals surface area contributed by atoms with Gasteiger partial charge < -0.3 is 14.7 Å². The Bertz CT molecular complexity index is 615. The van der Waals surface area contributed by atoms with E-state index in [4.69, 9.17) is 4.74 Å². The largest absolute Gasteiger partial charge is 0.444 e. The monoisotopic (exact) mass is 381 g/mol. The predicted octanol–water partition coefficient (Wildman–Crippen LogP) is 4.15. The predicted molar refractivity (Wildman–Crippen MR) is 92.4 cm³/mol. The van der Waals surface area contributed by atoms with Gasteiger partial charge >= 0.3 is 6.09 Å². The van der Waals surface area contributed by atoms with Crippen molar-refractivity contribution in [2.24, 2.45) is 0 Å². The molecule has 1 N–H and O–H groups in total. The van der Waals surface area contributed by atoms with Crippen molar-refractivity contribution in [2.75, 3.05) is 13.1 Å². The fraction of sp³-hybridized carbons (Fsp3) is 0.611. The first-order valence-electron chi connectivity index (χ1n) is 8.16. The number of benzene rings is 1. The van der Waals surface area contributed by atoms with Gasteiger partial charge in [0.25, 0.3) is 0 Å². The molecular formula is C18H24BrNO3. The lowest BCUT2D eigenvalue weighted by Crippen LogP contribution is -2.46. The molecule has 1 aliphatic heterocycles. The molecule has 3 rings (SSSR count). The van der Waals surface area contributed by atoms with Crippen LogP contribution in [-0.4, -0.2) is 34.8 Å². The molecule has 0 aromatic heterocycles. The Morgan fingerprint density at radius 2 is 2.00 bits per heavy atom. The third-order valence-corrected chi connectivity index (χ3v) is 5.39. The molecule has 1 unspecified atom stereocenters. The highest BCUT2D eigenvalue weighted by atomic mass is 79.9. The number of amides is 1. The number of aliphatic hydroxyl groups is 1. The molecule has 0 bridgehead atoms. The molecule has 5 heteroatoms. The van der Waals surface area contributed by atoms with Crippen LogP contribution in [0.3, 0.4) is 0 Å². The van der Waals surface area contributed by atoms with E-state index in [0.29, 0.717) is 13.1 Å². The highest BCUT2D eigenvalue weighted by Crippen LogP contribution is 2.51. The maximum atomic E-state index is 12.2. The summed E-state index contributed by atoms with van der Waals surface area (Å²) < 4.78 is 6.46. The number of halogens is 1. The van der Waals surface area contributed by atoms with Gasteiger partial charge in [0.2, 0.25) is 0 Å². The summed E-state index contributed by atoms with van der Waals surface area (Å²) in [6.45, 7) is 7.02. The summed E-state index contributed by atoms with van der Waals surface area (Å²) in [6, 6.07) is 6.19. The van der Waals surface area contributed by atoms with Gasteiger partial charge in [-0.1, -0.05) is 22.0 Å². The second-order valence-electron chi connectivity index (χ2n) is 7.70. The summed E-state index contributed by atoms with van der Waals surface area (Å²) in [6.07, 6.45) is 1.86. The molecule has 1 aliphatic carbocycles. The van der Waals surface area contributed by atoms with E-state index in [9.17, 15) is 9.90 Å². The third kappa shape index (κ3) is 3.26. The van der Waals surface area contributed by atoms with Crippen LogP contribution in [0, 0.1) is 0 Å². The summed E-state index contributed by atoms with van der Waals surface area (Å²) in [4.78, 5) is 14.0. The molecule has 0 saturated carbocycles. The Kier molecular flexibility index (Phi) is 4.21. The Balaban J connectivity index is 1.74. The molecule has 1 amide bonds. The van der Waals surface area contributed by atoms with Crippen LogP contribution in [0.15, 0.2) is 22.7 Å². The number of aliphatic hydroxyl groups excluding tert-OH is 1. The maximum Gasteiger partial charge on any atom is 0.410 e. The zero-order valence-electron chi connectivity index (χ0n) is 13.9. The van der Waals surface area contributed by atoms with E-state index < -0.39 is 11.7 Å². The fourth-order valence-corrected chi connectivity index (χ4v) is 4.18. The van der Waals surface area contributed by atoms with Gasteiger partial charge in [0.15, 0.2) is 0 Å². The Morgan fingerprint density at radius 3 is 2.61 bits per heavy atom. The lowest BCUT2D eigenvalue weighted by molar-refractivity contribution is 0.0147. The first-order chi connectivity index (χ1) is 10.7. The van der Waals surface area contributed by atoms with Gasteiger partial charge in [-0.15, -0.1) is 0 Å². The molecule has 1 atom stereocenters.